The predicted octanol–water partition coefficient (Wildman–Crippen LogP) is 4.97. The molecule has 0 radical (unpaired) electrons. The maximum atomic E-state index is 12.7. The van der Waals surface area contributed by atoms with Crippen molar-refractivity contribution in [1.82, 2.24) is 0 Å². The van der Waals surface area contributed by atoms with Crippen LogP contribution in [-0.4, -0.2) is 21.4 Å². The number of methoxy groups -OCH3 is 1. The molecule has 2 N–H and O–H groups in total. The number of benzene rings is 2. The van der Waals surface area contributed by atoms with Crippen LogP contribution in [0, 0.1) is 0 Å². The highest BCUT2D eigenvalue weighted by molar-refractivity contribution is 9.10. The highest BCUT2D eigenvalue weighted by Gasteiger charge is 2.17. The van der Waals surface area contributed by atoms with Gasteiger partial charge in [0.15, 0.2) is 0 Å². The van der Waals surface area contributed by atoms with E-state index in [1.165, 1.54) is 42.7 Å². The Bertz CT molecular complexity index is 1130. The van der Waals surface area contributed by atoms with Crippen molar-refractivity contribution in [1.29, 1.82) is 0 Å². The quantitative estimate of drug-likeness (QED) is 0.455. The third kappa shape index (κ3) is 5.69. The number of carbonyl (C=O) groups excluding carboxylic acids is 1. The number of rotatable bonds is 7. The first-order chi connectivity index (χ1) is 13.9. The second-order valence-electron chi connectivity index (χ2n) is 5.81. The van der Waals surface area contributed by atoms with Crippen LogP contribution in [0.3, 0.4) is 0 Å². The van der Waals surface area contributed by atoms with Crippen molar-refractivity contribution in [3.63, 3.8) is 0 Å². The minimum atomic E-state index is -3.85. The highest BCUT2D eigenvalue weighted by atomic mass is 79.9. The number of hydrogen-bond acceptors (Lipinski definition) is 5. The summed E-state index contributed by atoms with van der Waals surface area (Å²) in [5.41, 5.74) is 0.681. The van der Waals surface area contributed by atoms with Crippen LogP contribution < -0.4 is 14.8 Å². The molecule has 0 unspecified atom stereocenters. The fraction of sp³-hybridized carbons (Fsp3) is 0.0500. The second-order valence-corrected chi connectivity index (χ2v) is 9.39. The van der Waals surface area contributed by atoms with Gasteiger partial charge in [-0.1, -0.05) is 22.0 Å². The normalized spacial score (nSPS) is 11.4. The van der Waals surface area contributed by atoms with Gasteiger partial charge in [0.2, 0.25) is 5.91 Å². The lowest BCUT2D eigenvalue weighted by Gasteiger charge is -2.13. The number of nitrogens with one attached hydrogen (secondary N) is 2. The Balaban J connectivity index is 1.82. The van der Waals surface area contributed by atoms with Gasteiger partial charge < -0.3 is 10.1 Å². The van der Waals surface area contributed by atoms with Crippen LogP contribution in [-0.2, 0) is 14.8 Å². The molecule has 9 heteroatoms. The van der Waals surface area contributed by atoms with E-state index in [1.54, 1.807) is 30.3 Å². The minimum Gasteiger partial charge on any atom is -0.495 e. The van der Waals surface area contributed by atoms with Gasteiger partial charge in [-0.3, -0.25) is 9.52 Å². The topological polar surface area (TPSA) is 84.5 Å². The van der Waals surface area contributed by atoms with E-state index in [1.807, 2.05) is 17.5 Å². The van der Waals surface area contributed by atoms with Crippen molar-refractivity contribution in [3.8, 4) is 5.75 Å². The monoisotopic (exact) mass is 492 g/mol. The van der Waals surface area contributed by atoms with E-state index in [4.69, 9.17) is 4.74 Å². The summed E-state index contributed by atoms with van der Waals surface area (Å²) in [6, 6.07) is 14.8. The first-order valence-electron chi connectivity index (χ1n) is 8.36. The molecule has 2 aromatic carbocycles. The molecule has 0 bridgehead atoms. The summed E-state index contributed by atoms with van der Waals surface area (Å²) < 4.78 is 34.0. The molecule has 29 heavy (non-hydrogen) atoms. The van der Waals surface area contributed by atoms with Gasteiger partial charge in [0, 0.05) is 21.1 Å². The number of ether oxygens (including phenoxy) is 1. The van der Waals surface area contributed by atoms with Crippen LogP contribution in [0.25, 0.3) is 6.08 Å². The van der Waals surface area contributed by atoms with Crippen molar-refractivity contribution in [3.05, 3.63) is 75.4 Å². The average Bonchev–Trinajstić information content (AvgIpc) is 3.22. The van der Waals surface area contributed by atoms with Gasteiger partial charge in [-0.2, -0.15) is 0 Å². The van der Waals surface area contributed by atoms with Crippen molar-refractivity contribution in [2.45, 2.75) is 4.90 Å². The summed E-state index contributed by atoms with van der Waals surface area (Å²) in [4.78, 5) is 13.2. The lowest BCUT2D eigenvalue weighted by molar-refractivity contribution is -0.111. The molecule has 3 rings (SSSR count). The van der Waals surface area contributed by atoms with Crippen molar-refractivity contribution in [2.75, 3.05) is 17.1 Å². The van der Waals surface area contributed by atoms with Crippen LogP contribution >= 0.6 is 27.3 Å². The zero-order valence-corrected chi connectivity index (χ0v) is 18.5. The largest absolute Gasteiger partial charge is 0.495 e. The van der Waals surface area contributed by atoms with Crippen molar-refractivity contribution < 1.29 is 17.9 Å². The number of anilines is 2. The molecule has 0 atom stereocenters. The van der Waals surface area contributed by atoms with E-state index in [-0.39, 0.29) is 10.6 Å². The summed E-state index contributed by atoms with van der Waals surface area (Å²) in [6.07, 6.45) is 3.06. The first-order valence-corrected chi connectivity index (χ1v) is 11.5. The van der Waals surface area contributed by atoms with E-state index in [9.17, 15) is 13.2 Å². The Morgan fingerprint density at radius 1 is 1.14 bits per heavy atom. The zero-order valence-electron chi connectivity index (χ0n) is 15.3. The Morgan fingerprint density at radius 2 is 1.90 bits per heavy atom. The van der Waals surface area contributed by atoms with Gasteiger partial charge in [-0.15, -0.1) is 11.3 Å². The molecule has 1 aromatic heterocycles. The summed E-state index contributed by atoms with van der Waals surface area (Å²) in [5, 5.41) is 4.57. The maximum Gasteiger partial charge on any atom is 0.261 e. The Hall–Kier alpha value is -2.62. The molecular formula is C20H17BrN2O4S2. The smallest absolute Gasteiger partial charge is 0.261 e. The summed E-state index contributed by atoms with van der Waals surface area (Å²) in [6.45, 7) is 0. The number of carbonyl (C=O) groups is 1. The molecule has 150 valence electrons. The lowest BCUT2D eigenvalue weighted by Crippen LogP contribution is -2.14. The van der Waals surface area contributed by atoms with Gasteiger partial charge in [-0.25, -0.2) is 8.42 Å². The first kappa shape index (κ1) is 21.1. The molecule has 0 spiro atoms. The molecule has 0 aliphatic carbocycles. The number of thiophene rings is 1. The van der Waals surface area contributed by atoms with Gasteiger partial charge in [0.05, 0.1) is 17.7 Å². The molecule has 3 aromatic rings. The molecule has 0 saturated heterocycles. The average molecular weight is 493 g/mol. The predicted molar refractivity (Wildman–Crippen MR) is 120 cm³/mol. The molecule has 1 heterocycles. The van der Waals surface area contributed by atoms with E-state index < -0.39 is 15.9 Å². The minimum absolute atomic E-state index is 0.00115. The Kier molecular flexibility index (Phi) is 6.73. The summed E-state index contributed by atoms with van der Waals surface area (Å²) in [5.74, 6) is -0.0439. The van der Waals surface area contributed by atoms with Crippen LogP contribution in [0.4, 0.5) is 11.4 Å². The summed E-state index contributed by atoms with van der Waals surface area (Å²) in [7, 11) is -2.40. The van der Waals surface area contributed by atoms with Crippen LogP contribution in [0.15, 0.2) is 75.4 Å². The van der Waals surface area contributed by atoms with Crippen molar-refractivity contribution >= 4 is 60.6 Å². The lowest BCUT2D eigenvalue weighted by atomic mass is 10.3. The van der Waals surface area contributed by atoms with Crippen LogP contribution in [0.1, 0.15) is 4.88 Å². The summed E-state index contributed by atoms with van der Waals surface area (Å²) >= 11 is 4.81. The standard InChI is InChI=1S/C20H17BrN2O4S2/c1-27-19-10-9-17(29(25,26)23-15-6-4-14(21)5-7-15)13-18(19)22-20(24)11-8-16-3-2-12-28-16/h2-13,23H,1H3,(H,22,24)/b11-8+. The molecule has 0 saturated carbocycles. The maximum absolute atomic E-state index is 12.7. The Labute approximate surface area is 181 Å². The van der Waals surface area contributed by atoms with E-state index >= 15 is 0 Å². The molecule has 0 aliphatic heterocycles. The van der Waals surface area contributed by atoms with E-state index in [0.29, 0.717) is 11.4 Å². The molecule has 1 amide bonds. The highest BCUT2D eigenvalue weighted by Crippen LogP contribution is 2.29. The third-order valence-corrected chi connectivity index (χ3v) is 6.52. The number of hydrogen-bond donors (Lipinski definition) is 2. The van der Waals surface area contributed by atoms with Gasteiger partial charge in [0.25, 0.3) is 10.0 Å². The van der Waals surface area contributed by atoms with Gasteiger partial charge in [-0.05, 0) is 60.0 Å². The van der Waals surface area contributed by atoms with Gasteiger partial charge in [0.1, 0.15) is 5.75 Å². The van der Waals surface area contributed by atoms with E-state index in [0.717, 1.165) is 9.35 Å². The Morgan fingerprint density at radius 3 is 2.55 bits per heavy atom. The molecule has 0 fully saturated rings. The van der Waals surface area contributed by atoms with Gasteiger partial charge >= 0.3 is 0 Å². The fourth-order valence-corrected chi connectivity index (χ4v) is 4.37. The zero-order chi connectivity index (χ0) is 20.9. The molecule has 6 nitrogen and oxygen atoms in total. The fourth-order valence-electron chi connectivity index (χ4n) is 2.40. The number of amides is 1. The van der Waals surface area contributed by atoms with Crippen molar-refractivity contribution in [2.24, 2.45) is 0 Å². The molecule has 0 aliphatic rings. The SMILES string of the molecule is COc1ccc(S(=O)(=O)Nc2ccc(Br)cc2)cc1NC(=O)/C=C/c1cccs1. The number of sulfonamides is 1. The second kappa shape index (κ2) is 9.25. The third-order valence-electron chi connectivity index (χ3n) is 3.78. The van der Waals surface area contributed by atoms with E-state index in [2.05, 4.69) is 26.0 Å². The molecular weight excluding hydrogens is 476 g/mol. The number of halogens is 1. The van der Waals surface area contributed by atoms with Crippen LogP contribution in [0.2, 0.25) is 0 Å². The van der Waals surface area contributed by atoms with Crippen LogP contribution in [0.5, 0.6) is 5.75 Å².